The van der Waals surface area contributed by atoms with Crippen molar-refractivity contribution in [2.24, 2.45) is 10.7 Å². The molecule has 13 heavy (non-hydrogen) atoms. The number of urea groups is 1. The number of nitrogens with two attached hydrogens (primary N) is 1. The lowest BCUT2D eigenvalue weighted by Crippen LogP contribution is -2.43. The normalized spacial score (nSPS) is 20.6. The topological polar surface area (TPSA) is 79.5 Å². The average Bonchev–Trinajstić information content (AvgIpc) is 2.11. The molecule has 0 bridgehead atoms. The van der Waals surface area contributed by atoms with E-state index in [1.165, 1.54) is 0 Å². The van der Waals surface area contributed by atoms with E-state index in [2.05, 4.69) is 15.6 Å². The lowest BCUT2D eigenvalue weighted by Gasteiger charge is -2.04. The van der Waals surface area contributed by atoms with Gasteiger partial charge in [0.2, 0.25) is 0 Å². The molecule has 0 aromatic heterocycles. The van der Waals surface area contributed by atoms with E-state index in [1.807, 2.05) is 0 Å². The predicted octanol–water partition coefficient (Wildman–Crippen LogP) is 0.174. The number of rotatable bonds is 0. The van der Waals surface area contributed by atoms with E-state index in [4.69, 9.17) is 5.73 Å². The number of carbonyl (C=O) groups excluding carboxylic acids is 1. The lowest BCUT2D eigenvalue weighted by atomic mass is 10.2. The van der Waals surface area contributed by atoms with Gasteiger partial charge in [0.25, 0.3) is 0 Å². The molecule has 74 valence electrons. The highest BCUT2D eigenvalue weighted by atomic mass is 16.2. The second-order valence-electron chi connectivity index (χ2n) is 3.06. The Labute approximate surface area is 77.8 Å². The molecule has 1 aliphatic heterocycles. The zero-order valence-corrected chi connectivity index (χ0v) is 7.68. The fraction of sp³-hybridized carbons (Fsp3) is 0.750. The van der Waals surface area contributed by atoms with Gasteiger partial charge in [0.1, 0.15) is 0 Å². The molecule has 1 rings (SSSR count). The molecular formula is C8H16N4O. The number of nitrogens with zero attached hydrogens (tertiary/aromatic N) is 1. The van der Waals surface area contributed by atoms with Crippen molar-refractivity contribution in [3.8, 4) is 0 Å². The first kappa shape index (κ1) is 9.83. The van der Waals surface area contributed by atoms with E-state index in [0.717, 1.165) is 25.7 Å². The van der Waals surface area contributed by atoms with Crippen LogP contribution in [-0.4, -0.2) is 25.1 Å². The predicted molar refractivity (Wildman–Crippen MR) is 51.5 cm³/mol. The summed E-state index contributed by atoms with van der Waals surface area (Å²) in [7, 11) is 0. The van der Waals surface area contributed by atoms with Gasteiger partial charge >= 0.3 is 6.03 Å². The molecule has 4 N–H and O–H groups in total. The van der Waals surface area contributed by atoms with Crippen LogP contribution in [0.1, 0.15) is 25.7 Å². The SMILES string of the molecule is NC1=NCCCCCCNC(=O)N1. The van der Waals surface area contributed by atoms with Gasteiger partial charge in [-0.15, -0.1) is 0 Å². The van der Waals surface area contributed by atoms with E-state index < -0.39 is 0 Å². The number of amides is 2. The van der Waals surface area contributed by atoms with Crippen LogP contribution in [0.25, 0.3) is 0 Å². The first-order valence-electron chi connectivity index (χ1n) is 4.64. The molecule has 0 spiro atoms. The molecule has 0 aliphatic carbocycles. The molecule has 1 aliphatic rings. The van der Waals surface area contributed by atoms with Gasteiger partial charge in [-0.2, -0.15) is 0 Å². The minimum atomic E-state index is -0.261. The molecule has 5 heteroatoms. The van der Waals surface area contributed by atoms with Gasteiger partial charge in [0.05, 0.1) is 0 Å². The van der Waals surface area contributed by atoms with E-state index >= 15 is 0 Å². The standard InChI is InChI=1S/C8H16N4O/c9-7-10-5-3-1-2-4-6-11-8(13)12-7/h1-6H2,(H4,9,10,11,12,13). The van der Waals surface area contributed by atoms with Crippen LogP contribution < -0.4 is 16.4 Å². The van der Waals surface area contributed by atoms with Crippen molar-refractivity contribution in [1.29, 1.82) is 0 Å². The minimum Gasteiger partial charge on any atom is -0.370 e. The van der Waals surface area contributed by atoms with Gasteiger partial charge in [0.15, 0.2) is 5.96 Å². The number of hydrogen-bond donors (Lipinski definition) is 3. The fourth-order valence-electron chi connectivity index (χ4n) is 1.19. The monoisotopic (exact) mass is 184 g/mol. The third-order valence-electron chi connectivity index (χ3n) is 1.89. The summed E-state index contributed by atoms with van der Waals surface area (Å²) in [6.45, 7) is 1.41. The Hall–Kier alpha value is -1.26. The van der Waals surface area contributed by atoms with E-state index in [0.29, 0.717) is 13.1 Å². The molecule has 5 nitrogen and oxygen atoms in total. The Morgan fingerprint density at radius 3 is 2.85 bits per heavy atom. The van der Waals surface area contributed by atoms with Crippen molar-refractivity contribution < 1.29 is 4.79 Å². The van der Waals surface area contributed by atoms with E-state index in [-0.39, 0.29) is 12.0 Å². The molecule has 0 radical (unpaired) electrons. The van der Waals surface area contributed by atoms with Crippen LogP contribution >= 0.6 is 0 Å². The van der Waals surface area contributed by atoms with Gasteiger partial charge in [-0.1, -0.05) is 12.8 Å². The highest BCUT2D eigenvalue weighted by Crippen LogP contribution is 1.99. The van der Waals surface area contributed by atoms with Gasteiger partial charge < -0.3 is 11.1 Å². The minimum absolute atomic E-state index is 0.208. The largest absolute Gasteiger partial charge is 0.370 e. The highest BCUT2D eigenvalue weighted by molar-refractivity contribution is 5.95. The van der Waals surface area contributed by atoms with Gasteiger partial charge in [-0.3, -0.25) is 10.3 Å². The summed E-state index contributed by atoms with van der Waals surface area (Å²) in [5, 5.41) is 5.15. The summed E-state index contributed by atoms with van der Waals surface area (Å²) in [5.41, 5.74) is 5.44. The van der Waals surface area contributed by atoms with Crippen molar-refractivity contribution in [3.05, 3.63) is 0 Å². The van der Waals surface area contributed by atoms with Crippen LogP contribution in [0, 0.1) is 0 Å². The summed E-state index contributed by atoms with van der Waals surface area (Å²) in [6, 6.07) is -0.261. The lowest BCUT2D eigenvalue weighted by molar-refractivity contribution is 0.245. The smallest absolute Gasteiger partial charge is 0.321 e. The summed E-state index contributed by atoms with van der Waals surface area (Å²) < 4.78 is 0. The van der Waals surface area contributed by atoms with Crippen LogP contribution in [0.15, 0.2) is 4.99 Å². The fourth-order valence-corrected chi connectivity index (χ4v) is 1.19. The number of nitrogens with one attached hydrogen (secondary N) is 2. The molecule has 0 saturated carbocycles. The molecule has 0 aromatic carbocycles. The molecule has 1 heterocycles. The maximum atomic E-state index is 11.0. The summed E-state index contributed by atoms with van der Waals surface area (Å²) >= 11 is 0. The Morgan fingerprint density at radius 2 is 2.00 bits per heavy atom. The summed E-state index contributed by atoms with van der Waals surface area (Å²) in [4.78, 5) is 15.0. The summed E-state index contributed by atoms with van der Waals surface area (Å²) in [6.07, 6.45) is 4.34. The second-order valence-corrected chi connectivity index (χ2v) is 3.06. The molecule has 0 fully saturated rings. The molecule has 0 unspecified atom stereocenters. The molecule has 0 aromatic rings. The number of carbonyl (C=O) groups is 1. The molecule has 2 amide bonds. The van der Waals surface area contributed by atoms with Gasteiger partial charge in [-0.25, -0.2) is 4.79 Å². The molecular weight excluding hydrogens is 168 g/mol. The maximum Gasteiger partial charge on any atom is 0.321 e. The maximum absolute atomic E-state index is 11.0. The van der Waals surface area contributed by atoms with Crippen LogP contribution in [0.5, 0.6) is 0 Å². The third kappa shape index (κ3) is 4.35. The van der Waals surface area contributed by atoms with Crippen molar-refractivity contribution in [2.45, 2.75) is 25.7 Å². The molecule has 0 saturated heterocycles. The third-order valence-corrected chi connectivity index (χ3v) is 1.89. The van der Waals surface area contributed by atoms with Crippen LogP contribution in [0.2, 0.25) is 0 Å². The Morgan fingerprint density at radius 1 is 1.23 bits per heavy atom. The van der Waals surface area contributed by atoms with Crippen LogP contribution in [0.3, 0.4) is 0 Å². The van der Waals surface area contributed by atoms with Crippen molar-refractivity contribution in [1.82, 2.24) is 10.6 Å². The van der Waals surface area contributed by atoms with E-state index in [9.17, 15) is 4.79 Å². The number of guanidine groups is 1. The Kier molecular flexibility index (Phi) is 4.08. The zero-order chi connectivity index (χ0) is 9.52. The van der Waals surface area contributed by atoms with Crippen molar-refractivity contribution >= 4 is 12.0 Å². The Bertz CT molecular complexity index is 202. The number of hydrogen-bond acceptors (Lipinski definition) is 3. The second kappa shape index (κ2) is 5.40. The van der Waals surface area contributed by atoms with E-state index in [1.54, 1.807) is 0 Å². The van der Waals surface area contributed by atoms with Crippen LogP contribution in [0.4, 0.5) is 4.79 Å². The van der Waals surface area contributed by atoms with Gasteiger partial charge in [-0.05, 0) is 12.8 Å². The highest BCUT2D eigenvalue weighted by Gasteiger charge is 2.02. The first-order chi connectivity index (χ1) is 6.29. The number of aliphatic imine (C=N–C) groups is 1. The van der Waals surface area contributed by atoms with Crippen LogP contribution in [-0.2, 0) is 0 Å². The summed E-state index contributed by atoms with van der Waals surface area (Å²) in [5.74, 6) is 0.208. The Balaban J connectivity index is 2.41. The molecule has 0 atom stereocenters. The van der Waals surface area contributed by atoms with Crippen molar-refractivity contribution in [2.75, 3.05) is 13.1 Å². The van der Waals surface area contributed by atoms with Gasteiger partial charge in [0, 0.05) is 13.1 Å². The quantitative estimate of drug-likeness (QED) is 0.502. The average molecular weight is 184 g/mol. The van der Waals surface area contributed by atoms with Crippen molar-refractivity contribution in [3.63, 3.8) is 0 Å². The zero-order valence-electron chi connectivity index (χ0n) is 7.68. The first-order valence-corrected chi connectivity index (χ1v) is 4.64.